The average molecular weight is 270 g/mol. The zero-order valence-corrected chi connectivity index (χ0v) is 11.4. The van der Waals surface area contributed by atoms with Gasteiger partial charge in [0.25, 0.3) is 5.91 Å². The number of carbonyl (C=O) groups excluding carboxylic acids is 1. The lowest BCUT2D eigenvalue weighted by atomic mass is 10.1. The molecular formula is C13H16ClNO3. The van der Waals surface area contributed by atoms with Gasteiger partial charge in [-0.25, -0.2) is 4.79 Å². The molecule has 0 bridgehead atoms. The number of likely N-dealkylation sites (N-methyl/N-ethyl adjacent to an activating group) is 1. The molecule has 0 spiro atoms. The van der Waals surface area contributed by atoms with Crippen LogP contribution in [0.25, 0.3) is 0 Å². The van der Waals surface area contributed by atoms with E-state index in [1.807, 2.05) is 0 Å². The molecule has 1 aromatic carbocycles. The molecule has 0 aliphatic heterocycles. The predicted octanol–water partition coefficient (Wildman–Crippen LogP) is 2.58. The molecular weight excluding hydrogens is 254 g/mol. The Balaban J connectivity index is 3.07. The van der Waals surface area contributed by atoms with E-state index in [1.165, 1.54) is 11.9 Å². The summed E-state index contributed by atoms with van der Waals surface area (Å²) in [6.07, 6.45) is 0.348. The summed E-state index contributed by atoms with van der Waals surface area (Å²) < 4.78 is 0. The fourth-order valence-corrected chi connectivity index (χ4v) is 1.97. The van der Waals surface area contributed by atoms with Gasteiger partial charge < -0.3 is 10.0 Å². The Morgan fingerprint density at radius 2 is 2.06 bits per heavy atom. The highest BCUT2D eigenvalue weighted by atomic mass is 35.5. The summed E-state index contributed by atoms with van der Waals surface area (Å²) in [7, 11) is 1.48. The van der Waals surface area contributed by atoms with Crippen LogP contribution >= 0.6 is 11.6 Å². The number of benzene rings is 1. The van der Waals surface area contributed by atoms with Crippen LogP contribution in [0.5, 0.6) is 0 Å². The second kappa shape index (κ2) is 5.87. The maximum Gasteiger partial charge on any atom is 0.326 e. The molecule has 0 unspecified atom stereocenters. The van der Waals surface area contributed by atoms with Crippen molar-refractivity contribution in [3.63, 3.8) is 0 Å². The first-order valence-electron chi connectivity index (χ1n) is 5.65. The molecule has 1 aromatic rings. The molecule has 0 saturated heterocycles. The molecule has 0 radical (unpaired) electrons. The van der Waals surface area contributed by atoms with Crippen LogP contribution < -0.4 is 0 Å². The fraction of sp³-hybridized carbons (Fsp3) is 0.385. The number of carboxylic acid groups (broad SMARTS) is 1. The first-order valence-corrected chi connectivity index (χ1v) is 6.03. The van der Waals surface area contributed by atoms with Gasteiger partial charge in [-0.05, 0) is 25.0 Å². The molecule has 4 nitrogen and oxygen atoms in total. The lowest BCUT2D eigenvalue weighted by Crippen LogP contribution is -2.42. The third-order valence-corrected chi connectivity index (χ3v) is 3.38. The van der Waals surface area contributed by atoms with Crippen molar-refractivity contribution in [3.8, 4) is 0 Å². The average Bonchev–Trinajstić information content (AvgIpc) is 2.32. The summed E-state index contributed by atoms with van der Waals surface area (Å²) in [6.45, 7) is 3.52. The Kier molecular flexibility index (Phi) is 4.73. The number of halogens is 1. The van der Waals surface area contributed by atoms with Crippen LogP contribution in [-0.2, 0) is 4.79 Å². The second-order valence-electron chi connectivity index (χ2n) is 4.11. The van der Waals surface area contributed by atoms with E-state index in [-0.39, 0.29) is 5.91 Å². The summed E-state index contributed by atoms with van der Waals surface area (Å²) in [5.74, 6) is -1.39. The normalized spacial score (nSPS) is 12.0. The van der Waals surface area contributed by atoms with Crippen molar-refractivity contribution in [3.05, 3.63) is 34.3 Å². The summed E-state index contributed by atoms with van der Waals surface area (Å²) >= 11 is 6.06. The monoisotopic (exact) mass is 269 g/mol. The van der Waals surface area contributed by atoms with Crippen molar-refractivity contribution in [1.29, 1.82) is 0 Å². The second-order valence-corrected chi connectivity index (χ2v) is 4.49. The molecule has 0 aliphatic carbocycles. The minimum atomic E-state index is -1.02. The summed E-state index contributed by atoms with van der Waals surface area (Å²) in [5, 5.41) is 9.41. The highest BCUT2D eigenvalue weighted by molar-refractivity contribution is 6.34. The third-order valence-electron chi connectivity index (χ3n) is 2.88. The molecule has 5 heteroatoms. The maximum absolute atomic E-state index is 12.2. The minimum absolute atomic E-state index is 0.332. The minimum Gasteiger partial charge on any atom is -0.480 e. The standard InChI is InChI=1S/C13H16ClNO3/c1-4-10(13(17)18)15(3)12(16)9-7-5-6-8(2)11(9)14/h5-7,10H,4H2,1-3H3,(H,17,18)/t10-/m0/s1. The highest BCUT2D eigenvalue weighted by Gasteiger charge is 2.26. The van der Waals surface area contributed by atoms with E-state index in [0.29, 0.717) is 17.0 Å². The van der Waals surface area contributed by atoms with Crippen molar-refractivity contribution >= 4 is 23.5 Å². The summed E-state index contributed by atoms with van der Waals surface area (Å²) in [4.78, 5) is 24.4. The van der Waals surface area contributed by atoms with Gasteiger partial charge in [-0.3, -0.25) is 4.79 Å². The molecule has 0 heterocycles. The SMILES string of the molecule is CC[C@@H](C(=O)O)N(C)C(=O)c1cccc(C)c1Cl. The van der Waals surface area contributed by atoms with E-state index in [0.717, 1.165) is 5.56 Å². The van der Waals surface area contributed by atoms with Gasteiger partial charge >= 0.3 is 5.97 Å². The zero-order chi connectivity index (χ0) is 13.9. The molecule has 1 atom stereocenters. The Morgan fingerprint density at radius 1 is 1.44 bits per heavy atom. The third kappa shape index (κ3) is 2.82. The largest absolute Gasteiger partial charge is 0.480 e. The number of rotatable bonds is 4. The quantitative estimate of drug-likeness (QED) is 0.914. The Hall–Kier alpha value is -1.55. The van der Waals surface area contributed by atoms with Crippen molar-refractivity contribution in [2.24, 2.45) is 0 Å². The van der Waals surface area contributed by atoms with Gasteiger partial charge in [0.15, 0.2) is 0 Å². The van der Waals surface area contributed by atoms with Crippen LogP contribution in [0.4, 0.5) is 0 Å². The molecule has 1 rings (SSSR count). The van der Waals surface area contributed by atoms with Gasteiger partial charge in [-0.2, -0.15) is 0 Å². The zero-order valence-electron chi connectivity index (χ0n) is 10.6. The Morgan fingerprint density at radius 3 is 2.56 bits per heavy atom. The number of carboxylic acids is 1. The number of carbonyl (C=O) groups is 2. The number of hydrogen-bond donors (Lipinski definition) is 1. The van der Waals surface area contributed by atoms with Crippen LogP contribution in [0.15, 0.2) is 18.2 Å². The van der Waals surface area contributed by atoms with Crippen molar-refractivity contribution < 1.29 is 14.7 Å². The van der Waals surface area contributed by atoms with E-state index < -0.39 is 12.0 Å². The van der Waals surface area contributed by atoms with Crippen molar-refractivity contribution in [1.82, 2.24) is 4.90 Å². The van der Waals surface area contributed by atoms with Gasteiger partial charge in [0.2, 0.25) is 0 Å². The van der Waals surface area contributed by atoms with Crippen LogP contribution in [0, 0.1) is 6.92 Å². The number of amides is 1. The smallest absolute Gasteiger partial charge is 0.326 e. The topological polar surface area (TPSA) is 57.6 Å². The number of aliphatic carboxylic acids is 1. The first-order chi connectivity index (χ1) is 8.40. The predicted molar refractivity (Wildman–Crippen MR) is 70.0 cm³/mol. The van der Waals surface area contributed by atoms with Crippen molar-refractivity contribution in [2.75, 3.05) is 7.05 Å². The van der Waals surface area contributed by atoms with E-state index in [1.54, 1.807) is 32.0 Å². The van der Waals surface area contributed by atoms with E-state index in [4.69, 9.17) is 16.7 Å². The van der Waals surface area contributed by atoms with Crippen LogP contribution in [-0.4, -0.2) is 35.0 Å². The molecule has 0 aliphatic rings. The number of hydrogen-bond acceptors (Lipinski definition) is 2. The molecule has 18 heavy (non-hydrogen) atoms. The molecule has 0 aromatic heterocycles. The van der Waals surface area contributed by atoms with Crippen LogP contribution in [0.3, 0.4) is 0 Å². The van der Waals surface area contributed by atoms with Gasteiger partial charge in [0.1, 0.15) is 6.04 Å². The maximum atomic E-state index is 12.2. The van der Waals surface area contributed by atoms with Gasteiger partial charge in [-0.15, -0.1) is 0 Å². The molecule has 0 fully saturated rings. The summed E-state index contributed by atoms with van der Waals surface area (Å²) in [5.41, 5.74) is 1.12. The highest BCUT2D eigenvalue weighted by Crippen LogP contribution is 2.22. The van der Waals surface area contributed by atoms with E-state index >= 15 is 0 Å². The van der Waals surface area contributed by atoms with E-state index in [9.17, 15) is 9.59 Å². The number of nitrogens with zero attached hydrogens (tertiary/aromatic N) is 1. The lowest BCUT2D eigenvalue weighted by Gasteiger charge is -2.24. The summed E-state index contributed by atoms with van der Waals surface area (Å²) in [6, 6.07) is 4.29. The molecule has 1 amide bonds. The molecule has 0 saturated carbocycles. The lowest BCUT2D eigenvalue weighted by molar-refractivity contribution is -0.142. The van der Waals surface area contributed by atoms with Gasteiger partial charge in [0.05, 0.1) is 10.6 Å². The van der Waals surface area contributed by atoms with Gasteiger partial charge in [0, 0.05) is 7.05 Å². The Bertz CT molecular complexity index is 473. The molecule has 1 N–H and O–H groups in total. The van der Waals surface area contributed by atoms with E-state index in [2.05, 4.69) is 0 Å². The van der Waals surface area contributed by atoms with Crippen LogP contribution in [0.2, 0.25) is 5.02 Å². The molecule has 98 valence electrons. The number of aryl methyl sites for hydroxylation is 1. The van der Waals surface area contributed by atoms with Crippen molar-refractivity contribution in [2.45, 2.75) is 26.3 Å². The van der Waals surface area contributed by atoms with Crippen LogP contribution in [0.1, 0.15) is 29.3 Å². The van der Waals surface area contributed by atoms with Gasteiger partial charge in [-0.1, -0.05) is 30.7 Å². The first kappa shape index (κ1) is 14.5. The fourth-order valence-electron chi connectivity index (χ4n) is 1.76. The Labute approximate surface area is 111 Å².